The molecule has 0 radical (unpaired) electrons. The fourth-order valence-corrected chi connectivity index (χ4v) is 3.53. The second-order valence-electron chi connectivity index (χ2n) is 6.91. The zero-order valence-corrected chi connectivity index (χ0v) is 15.2. The van der Waals surface area contributed by atoms with Crippen LogP contribution in [0.15, 0.2) is 53.7 Å². The molecule has 1 aliphatic rings. The average molecular weight is 362 g/mol. The number of hydrogen-bond donors (Lipinski definition) is 1. The van der Waals surface area contributed by atoms with Gasteiger partial charge >= 0.3 is 0 Å². The lowest BCUT2D eigenvalue weighted by Crippen LogP contribution is -2.33. The van der Waals surface area contributed by atoms with Crippen molar-refractivity contribution in [3.05, 3.63) is 65.0 Å². The maximum atomic E-state index is 12.4. The van der Waals surface area contributed by atoms with Gasteiger partial charge in [-0.05, 0) is 56.9 Å². The molecule has 138 valence electrons. The van der Waals surface area contributed by atoms with Crippen molar-refractivity contribution in [1.29, 1.82) is 0 Å². The fraction of sp³-hybridized carbons (Fsp3) is 0.350. The highest BCUT2D eigenvalue weighted by Gasteiger charge is 2.24. The third-order valence-corrected chi connectivity index (χ3v) is 4.97. The lowest BCUT2D eigenvalue weighted by Gasteiger charge is -2.29. The zero-order valence-electron chi connectivity index (χ0n) is 15.2. The van der Waals surface area contributed by atoms with Gasteiger partial charge in [-0.25, -0.2) is 14.6 Å². The van der Waals surface area contributed by atoms with Crippen molar-refractivity contribution in [3.63, 3.8) is 0 Å². The van der Waals surface area contributed by atoms with Gasteiger partial charge in [-0.3, -0.25) is 9.78 Å². The van der Waals surface area contributed by atoms with E-state index in [2.05, 4.69) is 25.4 Å². The van der Waals surface area contributed by atoms with Crippen LogP contribution in [0.25, 0.3) is 11.3 Å². The Morgan fingerprint density at radius 3 is 2.52 bits per heavy atom. The van der Waals surface area contributed by atoms with E-state index in [0.29, 0.717) is 12.0 Å². The normalized spacial score (nSPS) is 19.6. The quantitative estimate of drug-likeness (QED) is 0.768. The summed E-state index contributed by atoms with van der Waals surface area (Å²) in [6.45, 7) is 1.96. The number of anilines is 1. The zero-order chi connectivity index (χ0) is 18.6. The van der Waals surface area contributed by atoms with E-state index in [-0.39, 0.29) is 11.6 Å². The molecule has 0 unspecified atom stereocenters. The van der Waals surface area contributed by atoms with E-state index in [1.54, 1.807) is 35.4 Å². The summed E-state index contributed by atoms with van der Waals surface area (Å²) in [6.07, 6.45) is 8.94. The first kappa shape index (κ1) is 17.3. The van der Waals surface area contributed by atoms with Gasteiger partial charge in [0.1, 0.15) is 0 Å². The molecule has 7 nitrogen and oxygen atoms in total. The number of aromatic nitrogens is 5. The first-order valence-corrected chi connectivity index (χ1v) is 9.25. The highest BCUT2D eigenvalue weighted by Crippen LogP contribution is 2.29. The minimum absolute atomic E-state index is 0.0498. The van der Waals surface area contributed by atoms with Crippen molar-refractivity contribution in [2.24, 2.45) is 0 Å². The Labute approximate surface area is 157 Å². The SMILES string of the molecule is Cc1ccnc(NC2CCC(n3nc(-c4ccncc4)ccc3=O)CC2)n1. The Balaban J connectivity index is 1.46. The third-order valence-electron chi connectivity index (χ3n) is 4.97. The van der Waals surface area contributed by atoms with Crippen LogP contribution < -0.4 is 10.9 Å². The van der Waals surface area contributed by atoms with Crippen LogP contribution in [-0.2, 0) is 0 Å². The van der Waals surface area contributed by atoms with Gasteiger partial charge in [-0.15, -0.1) is 0 Å². The molecule has 0 amide bonds. The van der Waals surface area contributed by atoms with Gasteiger partial charge in [-0.2, -0.15) is 5.10 Å². The molecule has 7 heteroatoms. The van der Waals surface area contributed by atoms with Crippen molar-refractivity contribution in [3.8, 4) is 11.3 Å². The third kappa shape index (κ3) is 4.02. The van der Waals surface area contributed by atoms with E-state index >= 15 is 0 Å². The van der Waals surface area contributed by atoms with Gasteiger partial charge < -0.3 is 5.32 Å². The van der Waals surface area contributed by atoms with Crippen molar-refractivity contribution >= 4 is 5.95 Å². The Morgan fingerprint density at radius 1 is 1.00 bits per heavy atom. The van der Waals surface area contributed by atoms with Crippen LogP contribution in [0.4, 0.5) is 5.95 Å². The molecule has 3 aromatic heterocycles. The molecule has 3 aromatic rings. The second kappa shape index (κ2) is 7.65. The van der Waals surface area contributed by atoms with Gasteiger partial charge in [0, 0.05) is 42.0 Å². The smallest absolute Gasteiger partial charge is 0.267 e. The van der Waals surface area contributed by atoms with Crippen LogP contribution >= 0.6 is 0 Å². The van der Waals surface area contributed by atoms with Crippen LogP contribution in [0, 0.1) is 6.92 Å². The van der Waals surface area contributed by atoms with E-state index in [1.165, 1.54) is 0 Å². The summed E-state index contributed by atoms with van der Waals surface area (Å²) >= 11 is 0. The molecule has 1 saturated carbocycles. The minimum atomic E-state index is -0.0498. The number of nitrogens with zero attached hydrogens (tertiary/aromatic N) is 5. The molecule has 3 heterocycles. The molecule has 4 rings (SSSR count). The highest BCUT2D eigenvalue weighted by atomic mass is 16.1. The molecule has 0 atom stereocenters. The standard InChI is InChI=1S/C20H22N6O/c1-14-8-13-22-20(23-14)24-16-2-4-17(5-3-16)26-19(27)7-6-18(25-26)15-9-11-21-12-10-15/h6-13,16-17H,2-5H2,1H3,(H,22,23,24). The monoisotopic (exact) mass is 362 g/mol. The van der Waals surface area contributed by atoms with Gasteiger partial charge in [0.15, 0.2) is 0 Å². The van der Waals surface area contributed by atoms with Gasteiger partial charge in [0.25, 0.3) is 5.56 Å². The predicted octanol–water partition coefficient (Wildman–Crippen LogP) is 3.00. The maximum Gasteiger partial charge on any atom is 0.267 e. The van der Waals surface area contributed by atoms with Crippen LogP contribution in [0.2, 0.25) is 0 Å². The summed E-state index contributed by atoms with van der Waals surface area (Å²) < 4.78 is 1.65. The topological polar surface area (TPSA) is 85.6 Å². The average Bonchev–Trinajstić information content (AvgIpc) is 2.70. The molecule has 0 saturated heterocycles. The number of hydrogen-bond acceptors (Lipinski definition) is 6. The minimum Gasteiger partial charge on any atom is -0.351 e. The molecule has 0 spiro atoms. The first-order chi connectivity index (χ1) is 13.2. The van der Waals surface area contributed by atoms with Gasteiger partial charge in [0.2, 0.25) is 5.95 Å². The molecule has 0 bridgehead atoms. The predicted molar refractivity (Wildman–Crippen MR) is 103 cm³/mol. The first-order valence-electron chi connectivity index (χ1n) is 9.25. The summed E-state index contributed by atoms with van der Waals surface area (Å²) in [5, 5.41) is 8.03. The lowest BCUT2D eigenvalue weighted by molar-refractivity contribution is 0.304. The fourth-order valence-electron chi connectivity index (χ4n) is 3.53. The van der Waals surface area contributed by atoms with Crippen molar-refractivity contribution < 1.29 is 0 Å². The number of rotatable bonds is 4. The molecule has 1 aliphatic carbocycles. The number of aryl methyl sites for hydroxylation is 1. The largest absolute Gasteiger partial charge is 0.351 e. The highest BCUT2D eigenvalue weighted by molar-refractivity contribution is 5.57. The Kier molecular flexibility index (Phi) is 4.91. The van der Waals surface area contributed by atoms with Crippen LogP contribution in [-0.4, -0.2) is 30.8 Å². The van der Waals surface area contributed by atoms with E-state index in [0.717, 1.165) is 42.6 Å². The number of pyridine rings is 1. The molecule has 0 aromatic carbocycles. The summed E-state index contributed by atoms with van der Waals surface area (Å²) in [7, 11) is 0. The number of nitrogens with one attached hydrogen (secondary N) is 1. The second-order valence-corrected chi connectivity index (χ2v) is 6.91. The van der Waals surface area contributed by atoms with Gasteiger partial charge in [-0.1, -0.05) is 0 Å². The van der Waals surface area contributed by atoms with Gasteiger partial charge in [0.05, 0.1) is 11.7 Å². The van der Waals surface area contributed by atoms with Crippen LogP contribution in [0.3, 0.4) is 0 Å². The van der Waals surface area contributed by atoms with Crippen molar-refractivity contribution in [1.82, 2.24) is 24.7 Å². The maximum absolute atomic E-state index is 12.4. The lowest BCUT2D eigenvalue weighted by atomic mass is 9.91. The molecule has 1 fully saturated rings. The van der Waals surface area contributed by atoms with Crippen LogP contribution in [0.5, 0.6) is 0 Å². The summed E-state index contributed by atoms with van der Waals surface area (Å²) in [6, 6.07) is 9.51. The summed E-state index contributed by atoms with van der Waals surface area (Å²) in [4.78, 5) is 25.1. The van der Waals surface area contributed by atoms with Crippen LogP contribution in [0.1, 0.15) is 37.4 Å². The summed E-state index contributed by atoms with van der Waals surface area (Å²) in [5.41, 5.74) is 2.66. The van der Waals surface area contributed by atoms with E-state index in [1.807, 2.05) is 25.1 Å². The van der Waals surface area contributed by atoms with Crippen molar-refractivity contribution in [2.75, 3.05) is 5.32 Å². The van der Waals surface area contributed by atoms with Crippen molar-refractivity contribution in [2.45, 2.75) is 44.7 Å². The molecule has 27 heavy (non-hydrogen) atoms. The van der Waals surface area contributed by atoms with E-state index in [9.17, 15) is 4.79 Å². The van der Waals surface area contributed by atoms with E-state index < -0.39 is 0 Å². The molecule has 0 aliphatic heterocycles. The molecular formula is C20H22N6O. The Morgan fingerprint density at radius 2 is 1.78 bits per heavy atom. The molecule has 1 N–H and O–H groups in total. The Hall–Kier alpha value is -3.09. The van der Waals surface area contributed by atoms with E-state index in [4.69, 9.17) is 0 Å². The Bertz CT molecular complexity index is 963. The molecular weight excluding hydrogens is 340 g/mol. The summed E-state index contributed by atoms with van der Waals surface area (Å²) in [5.74, 6) is 0.674.